The zero-order valence-corrected chi connectivity index (χ0v) is 7.52. The largest absolute Gasteiger partial charge is 0.359 e. The van der Waals surface area contributed by atoms with Gasteiger partial charge in [0, 0.05) is 0 Å². The summed E-state index contributed by atoms with van der Waals surface area (Å²) in [6.45, 7) is 1.72. The van der Waals surface area contributed by atoms with Gasteiger partial charge in [-0.3, -0.25) is 0 Å². The number of nitrogens with two attached hydrogens (primary N) is 1. The molecule has 2 N–H and O–H groups in total. The second-order valence-corrected chi connectivity index (χ2v) is 3.35. The first-order valence-electron chi connectivity index (χ1n) is 4.54. The first-order valence-corrected chi connectivity index (χ1v) is 4.54. The van der Waals surface area contributed by atoms with Crippen molar-refractivity contribution in [2.75, 3.05) is 6.61 Å². The molecule has 5 heteroatoms. The van der Waals surface area contributed by atoms with Crippen LogP contribution in [0.1, 0.15) is 18.7 Å². The third-order valence-electron chi connectivity index (χ3n) is 2.04. The first kappa shape index (κ1) is 8.65. The molecule has 0 atom stereocenters. The molecule has 0 unspecified atom stereocenters. The van der Waals surface area contributed by atoms with Crippen LogP contribution in [0.3, 0.4) is 0 Å². The maximum atomic E-state index is 5.42. The minimum Gasteiger partial charge on any atom is -0.359 e. The van der Waals surface area contributed by atoms with Gasteiger partial charge in [-0.1, -0.05) is 0 Å². The number of ether oxygens (including phenoxy) is 1. The topological polar surface area (TPSA) is 66.0 Å². The maximum Gasteiger partial charge on any atom is 0.164 e. The Balaban J connectivity index is 1.72. The zero-order valence-electron chi connectivity index (χ0n) is 7.52. The van der Waals surface area contributed by atoms with Gasteiger partial charge in [-0.05, 0) is 18.8 Å². The van der Waals surface area contributed by atoms with Crippen molar-refractivity contribution >= 4 is 0 Å². The van der Waals surface area contributed by atoms with Gasteiger partial charge < -0.3 is 10.5 Å². The van der Waals surface area contributed by atoms with Gasteiger partial charge in [-0.2, -0.15) is 5.10 Å². The van der Waals surface area contributed by atoms with Gasteiger partial charge in [0.05, 0.1) is 13.2 Å². The number of aromatic nitrogens is 3. The Labute approximate surface area is 76.9 Å². The number of hydrogen-bond donors (Lipinski definition) is 1. The molecular formula is C8H14N4O. The van der Waals surface area contributed by atoms with E-state index in [-0.39, 0.29) is 0 Å². The zero-order chi connectivity index (χ0) is 9.10. The third kappa shape index (κ3) is 2.50. The van der Waals surface area contributed by atoms with E-state index in [0.717, 1.165) is 12.5 Å². The van der Waals surface area contributed by atoms with Gasteiger partial charge in [0.25, 0.3) is 0 Å². The Hall–Kier alpha value is -0.940. The van der Waals surface area contributed by atoms with Crippen molar-refractivity contribution in [3.63, 3.8) is 0 Å². The van der Waals surface area contributed by atoms with E-state index in [9.17, 15) is 0 Å². The second kappa shape index (κ2) is 3.85. The van der Waals surface area contributed by atoms with E-state index < -0.39 is 0 Å². The summed E-state index contributed by atoms with van der Waals surface area (Å²) >= 11 is 0. The molecule has 2 rings (SSSR count). The predicted molar refractivity (Wildman–Crippen MR) is 46.6 cm³/mol. The van der Waals surface area contributed by atoms with Crippen molar-refractivity contribution in [1.82, 2.24) is 14.8 Å². The molecule has 0 bridgehead atoms. The van der Waals surface area contributed by atoms with Crippen molar-refractivity contribution in [1.29, 1.82) is 0 Å². The molecule has 1 heterocycles. The summed E-state index contributed by atoms with van der Waals surface area (Å²) in [5.74, 6) is 1.45. The number of rotatable bonds is 5. The Morgan fingerprint density at radius 2 is 2.46 bits per heavy atom. The predicted octanol–water partition coefficient (Wildman–Crippen LogP) is 0.121. The van der Waals surface area contributed by atoms with Crippen LogP contribution in [0.4, 0.5) is 0 Å². The lowest BCUT2D eigenvalue weighted by Gasteiger charge is -2.01. The van der Waals surface area contributed by atoms with E-state index in [1.165, 1.54) is 12.8 Å². The smallest absolute Gasteiger partial charge is 0.164 e. The van der Waals surface area contributed by atoms with Crippen LogP contribution < -0.4 is 5.73 Å². The molecule has 0 spiro atoms. The molecule has 72 valence electrons. The van der Waals surface area contributed by atoms with Crippen LogP contribution in [0.5, 0.6) is 0 Å². The van der Waals surface area contributed by atoms with Crippen LogP contribution >= 0.6 is 0 Å². The lowest BCUT2D eigenvalue weighted by molar-refractivity contribution is 0.0608. The first-order chi connectivity index (χ1) is 6.38. The fourth-order valence-electron chi connectivity index (χ4n) is 1.09. The molecule has 1 aromatic rings. The Bertz CT molecular complexity index is 269. The van der Waals surface area contributed by atoms with Gasteiger partial charge in [-0.25, -0.2) is 9.67 Å². The van der Waals surface area contributed by atoms with Crippen molar-refractivity contribution in [2.24, 2.45) is 11.7 Å². The molecule has 0 saturated heterocycles. The molecular weight excluding hydrogens is 168 g/mol. The average Bonchev–Trinajstić information content (AvgIpc) is 2.84. The summed E-state index contributed by atoms with van der Waals surface area (Å²) in [6, 6.07) is 0. The molecule has 1 aliphatic carbocycles. The van der Waals surface area contributed by atoms with Crippen LogP contribution in [0.15, 0.2) is 6.33 Å². The summed E-state index contributed by atoms with van der Waals surface area (Å²) in [4.78, 5) is 3.99. The summed E-state index contributed by atoms with van der Waals surface area (Å²) in [6.07, 6.45) is 4.27. The van der Waals surface area contributed by atoms with E-state index in [4.69, 9.17) is 10.5 Å². The molecule has 1 aromatic heterocycles. The van der Waals surface area contributed by atoms with Crippen LogP contribution in [-0.2, 0) is 18.0 Å². The van der Waals surface area contributed by atoms with Gasteiger partial charge in [-0.15, -0.1) is 0 Å². The SMILES string of the molecule is NCc1ncn(COCC2CC2)n1. The fraction of sp³-hybridized carbons (Fsp3) is 0.750. The number of nitrogens with zero attached hydrogens (tertiary/aromatic N) is 3. The van der Waals surface area contributed by atoms with Crippen molar-refractivity contribution in [2.45, 2.75) is 26.1 Å². The molecule has 0 aromatic carbocycles. The fourth-order valence-corrected chi connectivity index (χ4v) is 1.09. The van der Waals surface area contributed by atoms with E-state index >= 15 is 0 Å². The number of hydrogen-bond acceptors (Lipinski definition) is 4. The molecule has 1 aliphatic rings. The van der Waals surface area contributed by atoms with E-state index in [1.807, 2.05) is 0 Å². The average molecular weight is 182 g/mol. The van der Waals surface area contributed by atoms with Crippen molar-refractivity contribution in [3.8, 4) is 0 Å². The normalized spacial score (nSPS) is 16.4. The highest BCUT2D eigenvalue weighted by Crippen LogP contribution is 2.28. The van der Waals surface area contributed by atoms with Gasteiger partial charge in [0.2, 0.25) is 0 Å². The lowest BCUT2D eigenvalue weighted by atomic mass is 10.5. The lowest BCUT2D eigenvalue weighted by Crippen LogP contribution is -2.06. The minimum atomic E-state index is 0.385. The molecule has 13 heavy (non-hydrogen) atoms. The third-order valence-corrected chi connectivity index (χ3v) is 2.04. The van der Waals surface area contributed by atoms with Gasteiger partial charge in [0.1, 0.15) is 13.1 Å². The van der Waals surface area contributed by atoms with Crippen LogP contribution in [0.25, 0.3) is 0 Å². The monoisotopic (exact) mass is 182 g/mol. The standard InChI is InChI=1S/C8H14N4O/c9-3-8-10-5-12(11-8)6-13-4-7-1-2-7/h5,7H,1-4,6,9H2. The summed E-state index contributed by atoms with van der Waals surface area (Å²) in [7, 11) is 0. The Kier molecular flexibility index (Phi) is 2.56. The molecule has 5 nitrogen and oxygen atoms in total. The van der Waals surface area contributed by atoms with E-state index in [2.05, 4.69) is 10.1 Å². The molecule has 1 fully saturated rings. The Morgan fingerprint density at radius 1 is 1.62 bits per heavy atom. The highest BCUT2D eigenvalue weighted by molar-refractivity contribution is 4.78. The van der Waals surface area contributed by atoms with Gasteiger partial charge in [0.15, 0.2) is 5.82 Å². The minimum absolute atomic E-state index is 0.385. The quantitative estimate of drug-likeness (QED) is 0.702. The van der Waals surface area contributed by atoms with Crippen LogP contribution in [-0.4, -0.2) is 21.4 Å². The highest BCUT2D eigenvalue weighted by Gasteiger charge is 2.21. The highest BCUT2D eigenvalue weighted by atomic mass is 16.5. The van der Waals surface area contributed by atoms with Gasteiger partial charge >= 0.3 is 0 Å². The second-order valence-electron chi connectivity index (χ2n) is 3.35. The molecule has 0 amide bonds. The summed E-state index contributed by atoms with van der Waals surface area (Å²) < 4.78 is 7.09. The molecule has 0 radical (unpaired) electrons. The molecule has 0 aliphatic heterocycles. The van der Waals surface area contributed by atoms with E-state index in [1.54, 1.807) is 11.0 Å². The maximum absolute atomic E-state index is 5.42. The Morgan fingerprint density at radius 3 is 3.08 bits per heavy atom. The van der Waals surface area contributed by atoms with Crippen molar-refractivity contribution < 1.29 is 4.74 Å². The van der Waals surface area contributed by atoms with E-state index in [0.29, 0.717) is 19.1 Å². The van der Waals surface area contributed by atoms with Crippen LogP contribution in [0, 0.1) is 5.92 Å². The summed E-state index contributed by atoms with van der Waals surface area (Å²) in [5, 5.41) is 4.10. The van der Waals surface area contributed by atoms with Crippen LogP contribution in [0.2, 0.25) is 0 Å². The summed E-state index contributed by atoms with van der Waals surface area (Å²) in [5.41, 5.74) is 5.37. The van der Waals surface area contributed by atoms with Crippen molar-refractivity contribution in [3.05, 3.63) is 12.2 Å². The molecule has 1 saturated carbocycles.